The van der Waals surface area contributed by atoms with Gasteiger partial charge in [-0.1, -0.05) is 24.1 Å². The summed E-state index contributed by atoms with van der Waals surface area (Å²) < 4.78 is 0. The second-order valence-electron chi connectivity index (χ2n) is 1.84. The Labute approximate surface area is 89.7 Å². The number of nitriles is 1. The second kappa shape index (κ2) is 13.6. The van der Waals surface area contributed by atoms with Gasteiger partial charge in [0.15, 0.2) is 0 Å². The number of nitrogens with zero attached hydrogens (tertiary/aromatic N) is 1. The average molecular weight is 202 g/mol. The number of nitrogens with one attached hydrogen (secondary N) is 1. The van der Waals surface area contributed by atoms with Crippen LogP contribution in [0, 0.1) is 29.1 Å². The zero-order chi connectivity index (χ0) is 11.2. The lowest BCUT2D eigenvalue weighted by atomic mass is 10.2. The molecule has 0 radical (unpaired) electrons. The molecule has 1 N–H and O–H groups in total. The van der Waals surface area contributed by atoms with Crippen LogP contribution in [0.25, 0.3) is 0 Å². The van der Waals surface area contributed by atoms with Crippen LogP contribution in [0.5, 0.6) is 0 Å². The monoisotopic (exact) mass is 202 g/mol. The van der Waals surface area contributed by atoms with Gasteiger partial charge in [-0.2, -0.15) is 5.26 Å². The quantitative estimate of drug-likeness (QED) is 0.399. The molecule has 0 atom stereocenters. The third kappa shape index (κ3) is 12.7. The maximum atomic E-state index is 7.32. The van der Waals surface area contributed by atoms with E-state index in [1.165, 1.54) is 6.92 Å². The Balaban J connectivity index is 0. The van der Waals surface area contributed by atoms with E-state index in [1.807, 2.05) is 30.3 Å². The predicted octanol–water partition coefficient (Wildman–Crippen LogP) is 2.87. The van der Waals surface area contributed by atoms with Crippen LogP contribution < -0.4 is 0 Å². The molecule has 70 valence electrons. The van der Waals surface area contributed by atoms with Crippen LogP contribution >= 0.6 is 12.2 Å². The molecule has 0 aromatic heterocycles. The summed E-state index contributed by atoms with van der Waals surface area (Å²) in [5.74, 6) is 2.53. The molecule has 2 nitrogen and oxygen atoms in total. The van der Waals surface area contributed by atoms with Gasteiger partial charge < -0.3 is 0 Å². The first-order valence-electron chi connectivity index (χ1n) is 3.63. The molecule has 1 aromatic carbocycles. The maximum Gasteiger partial charge on any atom is 0.0587 e. The highest BCUT2D eigenvalue weighted by Gasteiger charge is 1.76. The Morgan fingerprint density at radius 3 is 1.93 bits per heavy atom. The molecule has 0 heterocycles. The summed E-state index contributed by atoms with van der Waals surface area (Å²) in [6.07, 6.45) is 5.10. The number of benzene rings is 1. The van der Waals surface area contributed by atoms with Crippen molar-refractivity contribution in [1.29, 1.82) is 10.7 Å². The van der Waals surface area contributed by atoms with Crippen LogP contribution in [0.2, 0.25) is 0 Å². The molecule has 0 saturated carbocycles. The Hall–Kier alpha value is -1.93. The minimum Gasteiger partial charge on any atom is -0.248 e. The lowest BCUT2D eigenvalue weighted by molar-refractivity contribution is 1.49. The van der Waals surface area contributed by atoms with Crippen molar-refractivity contribution < 1.29 is 0 Å². The molecule has 1 aromatic rings. The van der Waals surface area contributed by atoms with Crippen LogP contribution in [0.1, 0.15) is 12.5 Å². The van der Waals surface area contributed by atoms with Crippen molar-refractivity contribution in [2.45, 2.75) is 6.92 Å². The molecule has 0 aliphatic carbocycles. The molecule has 0 fully saturated rings. The summed E-state index contributed by atoms with van der Waals surface area (Å²) in [5, 5.41) is 14.7. The second-order valence-corrected chi connectivity index (χ2v) is 2.04. The molecule has 0 spiro atoms. The zero-order valence-corrected chi connectivity index (χ0v) is 8.64. The topological polar surface area (TPSA) is 47.6 Å². The number of isothiocyanates is 1. The fourth-order valence-electron chi connectivity index (χ4n) is 0.534. The molecule has 0 aliphatic heterocycles. The van der Waals surface area contributed by atoms with E-state index in [0.717, 1.165) is 5.56 Å². The Kier molecular flexibility index (Phi) is 14.2. The van der Waals surface area contributed by atoms with Gasteiger partial charge in [-0.25, -0.2) is 5.41 Å². The van der Waals surface area contributed by atoms with Crippen molar-refractivity contribution in [3.8, 4) is 18.4 Å². The van der Waals surface area contributed by atoms with Gasteiger partial charge >= 0.3 is 0 Å². The fraction of sp³-hybridized carbons (Fsp3) is 0.0909. The van der Waals surface area contributed by atoms with Crippen molar-refractivity contribution in [3.63, 3.8) is 0 Å². The highest BCUT2D eigenvalue weighted by atomic mass is 32.1. The van der Waals surface area contributed by atoms with Gasteiger partial charge in [0.25, 0.3) is 0 Å². The summed E-state index contributed by atoms with van der Waals surface area (Å²) in [7, 11) is 0. The number of hydrogen-bond acceptors (Lipinski definition) is 3. The fourth-order valence-corrected chi connectivity index (χ4v) is 0.534. The van der Waals surface area contributed by atoms with Gasteiger partial charge in [-0.3, -0.25) is 0 Å². The molecular weight excluding hydrogens is 192 g/mol. The van der Waals surface area contributed by atoms with Crippen molar-refractivity contribution in [2.24, 2.45) is 0 Å². The van der Waals surface area contributed by atoms with E-state index in [2.05, 4.69) is 18.1 Å². The SMILES string of the molecule is C#Cc1ccccc1.CC#N.N=C=S. The zero-order valence-electron chi connectivity index (χ0n) is 7.82. The van der Waals surface area contributed by atoms with Crippen molar-refractivity contribution in [1.82, 2.24) is 0 Å². The largest absolute Gasteiger partial charge is 0.248 e. The molecule has 3 heteroatoms. The third-order valence-electron chi connectivity index (χ3n) is 0.940. The van der Waals surface area contributed by atoms with Crippen LogP contribution in [0.3, 0.4) is 0 Å². The molecule has 0 aliphatic rings. The molecule has 0 saturated heterocycles. The van der Waals surface area contributed by atoms with E-state index >= 15 is 0 Å². The van der Waals surface area contributed by atoms with E-state index in [-0.39, 0.29) is 0 Å². The van der Waals surface area contributed by atoms with Gasteiger partial charge in [0, 0.05) is 12.5 Å². The van der Waals surface area contributed by atoms with Gasteiger partial charge in [-0.15, -0.1) is 6.42 Å². The average Bonchev–Trinajstić information content (AvgIpc) is 2.21. The normalized spacial score (nSPS) is 5.64. The van der Waals surface area contributed by atoms with Crippen LogP contribution in [-0.4, -0.2) is 5.16 Å². The first kappa shape index (κ1) is 14.6. The highest BCUT2D eigenvalue weighted by molar-refractivity contribution is 7.78. The minimum atomic E-state index is 0.938. The number of rotatable bonds is 0. The summed E-state index contributed by atoms with van der Waals surface area (Å²) in [6.45, 7) is 1.43. The summed E-state index contributed by atoms with van der Waals surface area (Å²) >= 11 is 3.81. The van der Waals surface area contributed by atoms with Gasteiger partial charge in [0.1, 0.15) is 0 Å². The molecule has 0 bridgehead atoms. The maximum absolute atomic E-state index is 7.32. The van der Waals surface area contributed by atoms with Crippen LogP contribution in [0.4, 0.5) is 0 Å². The predicted molar refractivity (Wildman–Crippen MR) is 61.0 cm³/mol. The lowest BCUT2D eigenvalue weighted by Gasteiger charge is -1.82. The first-order chi connectivity index (χ1) is 6.76. The van der Waals surface area contributed by atoms with Crippen LogP contribution in [0.15, 0.2) is 30.3 Å². The van der Waals surface area contributed by atoms with Crippen molar-refractivity contribution in [2.75, 3.05) is 0 Å². The van der Waals surface area contributed by atoms with E-state index < -0.39 is 0 Å². The third-order valence-corrected chi connectivity index (χ3v) is 0.940. The molecule has 0 amide bonds. The van der Waals surface area contributed by atoms with Crippen molar-refractivity contribution >= 4 is 17.4 Å². The van der Waals surface area contributed by atoms with Gasteiger partial charge in [0.2, 0.25) is 0 Å². The van der Waals surface area contributed by atoms with Crippen LogP contribution in [-0.2, 0) is 0 Å². The smallest absolute Gasteiger partial charge is 0.0587 e. The van der Waals surface area contributed by atoms with E-state index in [4.69, 9.17) is 17.1 Å². The van der Waals surface area contributed by atoms with Crippen molar-refractivity contribution in [3.05, 3.63) is 35.9 Å². The van der Waals surface area contributed by atoms with Gasteiger partial charge in [0.05, 0.1) is 11.2 Å². The first-order valence-corrected chi connectivity index (χ1v) is 4.04. The van der Waals surface area contributed by atoms with Gasteiger partial charge in [-0.05, 0) is 24.4 Å². The lowest BCUT2D eigenvalue weighted by Crippen LogP contribution is -1.66. The molecule has 14 heavy (non-hydrogen) atoms. The molecule has 1 rings (SSSR count). The number of hydrogen-bond donors (Lipinski definition) is 1. The molecule has 0 unspecified atom stereocenters. The Bertz CT molecular complexity index is 338. The Morgan fingerprint density at radius 1 is 1.36 bits per heavy atom. The highest BCUT2D eigenvalue weighted by Crippen LogP contribution is 1.92. The summed E-state index contributed by atoms with van der Waals surface area (Å²) in [5.41, 5.74) is 0.938. The molecular formula is C11H10N2S. The van der Waals surface area contributed by atoms with E-state index in [9.17, 15) is 0 Å². The van der Waals surface area contributed by atoms with E-state index in [0.29, 0.717) is 0 Å². The summed E-state index contributed by atoms with van der Waals surface area (Å²) in [6, 6.07) is 11.4. The minimum absolute atomic E-state index is 0.938. The standard InChI is InChI=1S/C8H6.C2H3N.CHNS/c1-2-8-6-4-3-5-7-8;1-2-3;2-1-3/h1,3-7H;1H3;2H. The van der Waals surface area contributed by atoms with E-state index in [1.54, 1.807) is 11.2 Å². The number of thiocarbonyl (C=S) groups is 1. The number of terminal acetylenes is 1. The summed E-state index contributed by atoms with van der Waals surface area (Å²) in [4.78, 5) is 0. The Morgan fingerprint density at radius 2 is 1.71 bits per heavy atom.